The third-order valence-corrected chi connectivity index (χ3v) is 4.70. The molecule has 7 heteroatoms. The number of carbonyl (C=O) groups excluding carboxylic acids is 1. The maximum Gasteiger partial charge on any atom is 0.319 e. The lowest BCUT2D eigenvalue weighted by Gasteiger charge is -2.19. The highest BCUT2D eigenvalue weighted by Crippen LogP contribution is 2.26. The smallest absolute Gasteiger partial charge is 0.319 e. The molecule has 24 heavy (non-hydrogen) atoms. The average molecular weight is 337 g/mol. The Morgan fingerprint density at radius 2 is 2.00 bits per heavy atom. The number of hydrogen-bond acceptors (Lipinski definition) is 5. The largest absolute Gasteiger partial charge is 0.378 e. The van der Waals surface area contributed by atoms with E-state index in [-0.39, 0.29) is 6.03 Å². The van der Waals surface area contributed by atoms with Crippen molar-refractivity contribution in [1.29, 1.82) is 0 Å². The molecule has 3 N–H and O–H groups in total. The number of anilines is 2. The Hall–Kier alpha value is -2.93. The lowest BCUT2D eigenvalue weighted by Crippen LogP contribution is -2.33. The van der Waals surface area contributed by atoms with Gasteiger partial charge in [-0.05, 0) is 17.7 Å². The summed E-state index contributed by atoms with van der Waals surface area (Å²) in [5.41, 5.74) is 3.92. The molecule has 2 amide bonds. The number of carbonyl (C=O) groups is 1. The second-order valence-corrected chi connectivity index (χ2v) is 6.46. The molecule has 0 saturated heterocycles. The Morgan fingerprint density at radius 1 is 1.12 bits per heavy atom. The van der Waals surface area contributed by atoms with Gasteiger partial charge in [-0.3, -0.25) is 0 Å². The first-order valence-electron chi connectivity index (χ1n) is 7.57. The van der Waals surface area contributed by atoms with E-state index in [1.54, 1.807) is 11.3 Å². The fraction of sp³-hybridized carbons (Fsp3) is 0.118. The van der Waals surface area contributed by atoms with Crippen LogP contribution in [0.4, 0.5) is 16.2 Å². The highest BCUT2D eigenvalue weighted by molar-refractivity contribution is 7.14. The first kappa shape index (κ1) is 14.6. The minimum atomic E-state index is -0.170. The molecular weight excluding hydrogens is 322 g/mol. The van der Waals surface area contributed by atoms with Crippen LogP contribution in [0.15, 0.2) is 48.5 Å². The summed E-state index contributed by atoms with van der Waals surface area (Å²) in [5, 5.41) is 19.2. The molecule has 0 fully saturated rings. The number of benzene rings is 2. The van der Waals surface area contributed by atoms with Crippen molar-refractivity contribution in [1.82, 2.24) is 15.5 Å². The molecule has 1 aliphatic heterocycles. The third kappa shape index (κ3) is 3.07. The van der Waals surface area contributed by atoms with E-state index in [4.69, 9.17) is 0 Å². The summed E-state index contributed by atoms with van der Waals surface area (Å²) in [7, 11) is 0. The fourth-order valence-corrected chi connectivity index (χ4v) is 3.28. The number of aromatic nitrogens is 2. The van der Waals surface area contributed by atoms with Gasteiger partial charge in [0.25, 0.3) is 0 Å². The summed E-state index contributed by atoms with van der Waals surface area (Å²) in [6.07, 6.45) is 0. The second-order valence-electron chi connectivity index (χ2n) is 5.40. The van der Waals surface area contributed by atoms with Crippen molar-refractivity contribution in [2.75, 3.05) is 10.6 Å². The van der Waals surface area contributed by atoms with Crippen molar-refractivity contribution in [3.8, 4) is 10.6 Å². The highest BCUT2D eigenvalue weighted by atomic mass is 32.1. The molecule has 0 bridgehead atoms. The fourth-order valence-electron chi connectivity index (χ4n) is 2.50. The van der Waals surface area contributed by atoms with Crippen LogP contribution in [0.25, 0.3) is 10.6 Å². The Morgan fingerprint density at radius 3 is 2.88 bits per heavy atom. The van der Waals surface area contributed by atoms with E-state index in [0.717, 1.165) is 32.5 Å². The molecule has 1 aromatic heterocycles. The van der Waals surface area contributed by atoms with Gasteiger partial charge in [-0.1, -0.05) is 47.7 Å². The Balaban J connectivity index is 1.45. The molecule has 2 heterocycles. The van der Waals surface area contributed by atoms with Gasteiger partial charge in [0.2, 0.25) is 0 Å². The molecule has 0 saturated carbocycles. The highest BCUT2D eigenvalue weighted by Gasteiger charge is 2.14. The number of urea groups is 1. The van der Waals surface area contributed by atoms with E-state index in [1.807, 2.05) is 48.5 Å². The number of rotatable bonds is 4. The van der Waals surface area contributed by atoms with Crippen LogP contribution in [0.5, 0.6) is 0 Å². The maximum atomic E-state index is 11.4. The predicted octanol–water partition coefficient (Wildman–Crippen LogP) is 3.45. The van der Waals surface area contributed by atoms with Crippen LogP contribution in [-0.2, 0) is 13.1 Å². The van der Waals surface area contributed by atoms with E-state index in [2.05, 4.69) is 26.1 Å². The van der Waals surface area contributed by atoms with Crippen LogP contribution in [0.1, 0.15) is 10.6 Å². The van der Waals surface area contributed by atoms with Crippen LogP contribution in [0, 0.1) is 0 Å². The molecule has 120 valence electrons. The molecule has 0 radical (unpaired) electrons. The molecule has 4 rings (SSSR count). The zero-order valence-corrected chi connectivity index (χ0v) is 13.6. The van der Waals surface area contributed by atoms with Crippen LogP contribution >= 0.6 is 11.3 Å². The van der Waals surface area contributed by atoms with E-state index in [1.165, 1.54) is 0 Å². The van der Waals surface area contributed by atoms with Crippen molar-refractivity contribution in [3.05, 3.63) is 59.1 Å². The molecule has 3 aromatic rings. The third-order valence-electron chi connectivity index (χ3n) is 3.73. The van der Waals surface area contributed by atoms with E-state index in [9.17, 15) is 4.79 Å². The van der Waals surface area contributed by atoms with Gasteiger partial charge < -0.3 is 16.0 Å². The van der Waals surface area contributed by atoms with Crippen LogP contribution < -0.4 is 16.0 Å². The lowest BCUT2D eigenvalue weighted by atomic mass is 10.1. The molecular formula is C17H15N5OS. The van der Waals surface area contributed by atoms with E-state index >= 15 is 0 Å². The standard InChI is InChI=1S/C17H15N5OS/c23-17-19-9-12-6-7-13(8-14(12)20-17)18-10-15-21-22-16(24-15)11-4-2-1-3-5-11/h1-8,18H,9-10H2,(H2,19,20,23). The minimum absolute atomic E-state index is 0.170. The summed E-state index contributed by atoms with van der Waals surface area (Å²) in [6, 6.07) is 15.8. The molecule has 2 aromatic carbocycles. The molecule has 0 spiro atoms. The predicted molar refractivity (Wildman–Crippen MR) is 95.0 cm³/mol. The van der Waals surface area contributed by atoms with Crippen molar-refractivity contribution in [3.63, 3.8) is 0 Å². The summed E-state index contributed by atoms with van der Waals surface area (Å²) in [4.78, 5) is 11.4. The second kappa shape index (κ2) is 6.29. The number of nitrogens with zero attached hydrogens (tertiary/aromatic N) is 2. The molecule has 0 atom stereocenters. The normalized spacial score (nSPS) is 12.9. The lowest BCUT2D eigenvalue weighted by molar-refractivity contribution is 0.251. The van der Waals surface area contributed by atoms with E-state index < -0.39 is 0 Å². The average Bonchev–Trinajstić information content (AvgIpc) is 3.09. The van der Waals surface area contributed by atoms with Crippen LogP contribution in [-0.4, -0.2) is 16.2 Å². The number of amides is 2. The number of fused-ring (bicyclic) bond motifs is 1. The Bertz CT molecular complexity index is 878. The summed E-state index contributed by atoms with van der Waals surface area (Å²) < 4.78 is 0. The summed E-state index contributed by atoms with van der Waals surface area (Å²) >= 11 is 1.57. The van der Waals surface area contributed by atoms with Gasteiger partial charge in [-0.2, -0.15) is 0 Å². The van der Waals surface area contributed by atoms with Gasteiger partial charge in [0.1, 0.15) is 10.0 Å². The van der Waals surface area contributed by atoms with Crippen molar-refractivity contribution >= 4 is 28.7 Å². The Kier molecular flexibility index (Phi) is 3.84. The molecule has 0 aliphatic carbocycles. The monoisotopic (exact) mass is 337 g/mol. The topological polar surface area (TPSA) is 78.9 Å². The maximum absolute atomic E-state index is 11.4. The van der Waals surface area contributed by atoms with Gasteiger partial charge in [0.15, 0.2) is 0 Å². The van der Waals surface area contributed by atoms with Gasteiger partial charge in [-0.15, -0.1) is 10.2 Å². The molecule has 0 unspecified atom stereocenters. The quantitative estimate of drug-likeness (QED) is 0.681. The van der Waals surface area contributed by atoms with Gasteiger partial charge in [0, 0.05) is 23.5 Å². The zero-order chi connectivity index (χ0) is 16.4. The molecule has 1 aliphatic rings. The van der Waals surface area contributed by atoms with Crippen molar-refractivity contribution in [2.24, 2.45) is 0 Å². The first-order chi connectivity index (χ1) is 11.8. The van der Waals surface area contributed by atoms with Crippen molar-refractivity contribution in [2.45, 2.75) is 13.1 Å². The SMILES string of the molecule is O=C1NCc2ccc(NCc3nnc(-c4ccccc4)s3)cc2N1. The zero-order valence-electron chi connectivity index (χ0n) is 12.7. The summed E-state index contributed by atoms with van der Waals surface area (Å²) in [6.45, 7) is 1.15. The van der Waals surface area contributed by atoms with Crippen molar-refractivity contribution < 1.29 is 4.79 Å². The van der Waals surface area contributed by atoms with Crippen LogP contribution in [0.3, 0.4) is 0 Å². The van der Waals surface area contributed by atoms with E-state index in [0.29, 0.717) is 13.1 Å². The van der Waals surface area contributed by atoms with Crippen LogP contribution in [0.2, 0.25) is 0 Å². The summed E-state index contributed by atoms with van der Waals surface area (Å²) in [5.74, 6) is 0. The molecule has 6 nitrogen and oxygen atoms in total. The van der Waals surface area contributed by atoms with Gasteiger partial charge in [0.05, 0.1) is 6.54 Å². The van der Waals surface area contributed by atoms with Gasteiger partial charge >= 0.3 is 6.03 Å². The van der Waals surface area contributed by atoms with Gasteiger partial charge in [-0.25, -0.2) is 4.79 Å². The minimum Gasteiger partial charge on any atom is -0.378 e. The number of nitrogens with one attached hydrogen (secondary N) is 3. The first-order valence-corrected chi connectivity index (χ1v) is 8.39. The number of hydrogen-bond donors (Lipinski definition) is 3. The Labute approximate surface area is 142 Å².